The average Bonchev–Trinajstić information content (AvgIpc) is 2.39. The summed E-state index contributed by atoms with van der Waals surface area (Å²) in [5.74, 6) is -1.05. The fraction of sp³-hybridized carbons (Fsp3) is 0.0667. The monoisotopic (exact) mass is 256 g/mol. The summed E-state index contributed by atoms with van der Waals surface area (Å²) in [7, 11) is 0. The maximum Gasteiger partial charge on any atom is 0.343 e. The van der Waals surface area contributed by atoms with Crippen molar-refractivity contribution in [3.63, 3.8) is 0 Å². The van der Waals surface area contributed by atoms with Gasteiger partial charge >= 0.3 is 11.9 Å². The number of carbonyl (C=O) groups excluding carboxylic acids is 1. The smallest absolute Gasteiger partial charge is 0.343 e. The molecule has 0 heterocycles. The highest BCUT2D eigenvalue weighted by Crippen LogP contribution is 2.15. The molecule has 0 aliphatic heterocycles. The van der Waals surface area contributed by atoms with Crippen LogP contribution in [0.2, 0.25) is 0 Å². The van der Waals surface area contributed by atoms with Gasteiger partial charge in [-0.2, -0.15) is 0 Å². The van der Waals surface area contributed by atoms with E-state index in [1.54, 1.807) is 48.5 Å². The van der Waals surface area contributed by atoms with Crippen LogP contribution >= 0.6 is 0 Å². The number of hydrogen-bond acceptors (Lipinski definition) is 3. The largest absolute Gasteiger partial charge is 0.481 e. The molecular formula is C15H12O4. The lowest BCUT2D eigenvalue weighted by Crippen LogP contribution is -2.08. The van der Waals surface area contributed by atoms with Crippen LogP contribution in [0.4, 0.5) is 0 Å². The van der Waals surface area contributed by atoms with Gasteiger partial charge in [0.15, 0.2) is 0 Å². The first kappa shape index (κ1) is 12.8. The van der Waals surface area contributed by atoms with Gasteiger partial charge in [-0.25, -0.2) is 4.79 Å². The van der Waals surface area contributed by atoms with Crippen LogP contribution < -0.4 is 4.74 Å². The quantitative estimate of drug-likeness (QED) is 0.674. The van der Waals surface area contributed by atoms with Gasteiger partial charge in [-0.3, -0.25) is 4.79 Å². The Hall–Kier alpha value is -2.62. The van der Waals surface area contributed by atoms with Crippen LogP contribution in [-0.2, 0) is 11.2 Å². The molecular weight excluding hydrogens is 244 g/mol. The Balaban J connectivity index is 2.11. The molecule has 2 aromatic rings. The van der Waals surface area contributed by atoms with E-state index in [2.05, 4.69) is 0 Å². The summed E-state index contributed by atoms with van der Waals surface area (Å²) in [6, 6.07) is 15.1. The Morgan fingerprint density at radius 1 is 1.00 bits per heavy atom. The van der Waals surface area contributed by atoms with Crippen molar-refractivity contribution >= 4 is 11.9 Å². The molecule has 0 aliphatic carbocycles. The molecule has 0 saturated carbocycles. The van der Waals surface area contributed by atoms with Crippen molar-refractivity contribution in [2.24, 2.45) is 0 Å². The Bertz CT molecular complexity index is 590. The zero-order valence-electron chi connectivity index (χ0n) is 10.1. The first-order chi connectivity index (χ1) is 9.15. The highest BCUT2D eigenvalue weighted by atomic mass is 16.5. The van der Waals surface area contributed by atoms with Crippen molar-refractivity contribution in [3.05, 3.63) is 65.7 Å². The van der Waals surface area contributed by atoms with Gasteiger partial charge in [-0.15, -0.1) is 0 Å². The molecule has 0 aromatic heterocycles. The van der Waals surface area contributed by atoms with Crippen LogP contribution in [0.1, 0.15) is 15.9 Å². The minimum Gasteiger partial charge on any atom is -0.481 e. The van der Waals surface area contributed by atoms with E-state index >= 15 is 0 Å². The fourth-order valence-corrected chi connectivity index (χ4v) is 1.63. The SMILES string of the molecule is O=C(O)Cc1cccc(OC(=O)c2ccccc2)c1. The van der Waals surface area contributed by atoms with Crippen LogP contribution in [-0.4, -0.2) is 17.0 Å². The molecule has 0 atom stereocenters. The molecule has 0 bridgehead atoms. The Labute approximate surface area is 110 Å². The fourth-order valence-electron chi connectivity index (χ4n) is 1.63. The number of esters is 1. The second-order valence-electron chi connectivity index (χ2n) is 3.97. The highest BCUT2D eigenvalue weighted by molar-refractivity contribution is 5.91. The predicted molar refractivity (Wildman–Crippen MR) is 69.2 cm³/mol. The zero-order chi connectivity index (χ0) is 13.7. The Kier molecular flexibility index (Phi) is 3.93. The molecule has 0 unspecified atom stereocenters. The van der Waals surface area contributed by atoms with E-state index in [0.29, 0.717) is 16.9 Å². The number of benzene rings is 2. The van der Waals surface area contributed by atoms with Crippen molar-refractivity contribution < 1.29 is 19.4 Å². The molecule has 4 heteroatoms. The maximum atomic E-state index is 11.8. The van der Waals surface area contributed by atoms with Crippen LogP contribution in [0.25, 0.3) is 0 Å². The summed E-state index contributed by atoms with van der Waals surface area (Å²) in [5.41, 5.74) is 1.04. The third-order valence-corrected chi connectivity index (χ3v) is 2.47. The van der Waals surface area contributed by atoms with Crippen LogP contribution in [0.5, 0.6) is 5.75 Å². The van der Waals surface area contributed by atoms with Crippen molar-refractivity contribution in [2.45, 2.75) is 6.42 Å². The Morgan fingerprint density at radius 3 is 2.42 bits per heavy atom. The molecule has 0 aliphatic rings. The van der Waals surface area contributed by atoms with Gasteiger partial charge in [-0.1, -0.05) is 30.3 Å². The average molecular weight is 256 g/mol. The molecule has 0 amide bonds. The first-order valence-electron chi connectivity index (χ1n) is 5.73. The molecule has 0 saturated heterocycles. The van der Waals surface area contributed by atoms with Gasteiger partial charge in [0, 0.05) is 0 Å². The summed E-state index contributed by atoms with van der Waals surface area (Å²) >= 11 is 0. The van der Waals surface area contributed by atoms with Crippen molar-refractivity contribution in [1.29, 1.82) is 0 Å². The minimum atomic E-state index is -0.925. The molecule has 0 spiro atoms. The number of carbonyl (C=O) groups is 2. The van der Waals surface area contributed by atoms with E-state index in [4.69, 9.17) is 9.84 Å². The molecule has 1 N–H and O–H groups in total. The number of hydrogen-bond donors (Lipinski definition) is 1. The molecule has 96 valence electrons. The van der Waals surface area contributed by atoms with Crippen LogP contribution in [0.3, 0.4) is 0 Å². The van der Waals surface area contributed by atoms with Gasteiger partial charge in [-0.05, 0) is 29.8 Å². The molecule has 4 nitrogen and oxygen atoms in total. The van der Waals surface area contributed by atoms with Gasteiger partial charge in [0.25, 0.3) is 0 Å². The van der Waals surface area contributed by atoms with Crippen molar-refractivity contribution in [3.8, 4) is 5.75 Å². The normalized spacial score (nSPS) is 9.89. The molecule has 2 aromatic carbocycles. The summed E-state index contributed by atoms with van der Waals surface area (Å²) in [4.78, 5) is 22.4. The van der Waals surface area contributed by atoms with Gasteiger partial charge in [0.05, 0.1) is 12.0 Å². The standard InChI is InChI=1S/C15H12O4/c16-14(17)10-11-5-4-8-13(9-11)19-15(18)12-6-2-1-3-7-12/h1-9H,10H2,(H,16,17). The number of carboxylic acid groups (broad SMARTS) is 1. The third kappa shape index (κ3) is 3.67. The predicted octanol–water partition coefficient (Wildman–Crippen LogP) is 2.53. The first-order valence-corrected chi connectivity index (χ1v) is 5.73. The van der Waals surface area contributed by atoms with E-state index in [0.717, 1.165) is 0 Å². The maximum absolute atomic E-state index is 11.8. The van der Waals surface area contributed by atoms with Crippen molar-refractivity contribution in [1.82, 2.24) is 0 Å². The Morgan fingerprint density at radius 2 is 1.74 bits per heavy atom. The lowest BCUT2D eigenvalue weighted by molar-refractivity contribution is -0.136. The molecule has 19 heavy (non-hydrogen) atoms. The van der Waals surface area contributed by atoms with Crippen LogP contribution in [0, 0.1) is 0 Å². The topological polar surface area (TPSA) is 63.6 Å². The highest BCUT2D eigenvalue weighted by Gasteiger charge is 2.08. The van der Waals surface area contributed by atoms with E-state index in [1.807, 2.05) is 6.07 Å². The summed E-state index contributed by atoms with van der Waals surface area (Å²) < 4.78 is 5.19. The van der Waals surface area contributed by atoms with Gasteiger partial charge in [0.2, 0.25) is 0 Å². The lowest BCUT2D eigenvalue weighted by atomic mass is 10.1. The molecule has 2 rings (SSSR count). The summed E-state index contributed by atoms with van der Waals surface area (Å²) in [5, 5.41) is 8.71. The minimum absolute atomic E-state index is 0.100. The van der Waals surface area contributed by atoms with E-state index in [-0.39, 0.29) is 6.42 Å². The number of ether oxygens (including phenoxy) is 1. The summed E-state index contributed by atoms with van der Waals surface area (Å²) in [6.07, 6.45) is -0.100. The van der Waals surface area contributed by atoms with E-state index < -0.39 is 11.9 Å². The van der Waals surface area contributed by atoms with Gasteiger partial charge < -0.3 is 9.84 Å². The van der Waals surface area contributed by atoms with Crippen molar-refractivity contribution in [2.75, 3.05) is 0 Å². The lowest BCUT2D eigenvalue weighted by Gasteiger charge is -2.05. The second kappa shape index (κ2) is 5.82. The third-order valence-electron chi connectivity index (χ3n) is 2.47. The van der Waals surface area contributed by atoms with Crippen LogP contribution in [0.15, 0.2) is 54.6 Å². The number of carboxylic acids is 1. The van der Waals surface area contributed by atoms with Gasteiger partial charge in [0.1, 0.15) is 5.75 Å². The second-order valence-corrected chi connectivity index (χ2v) is 3.97. The van der Waals surface area contributed by atoms with E-state index in [1.165, 1.54) is 0 Å². The zero-order valence-corrected chi connectivity index (χ0v) is 10.1. The summed E-state index contributed by atoms with van der Waals surface area (Å²) in [6.45, 7) is 0. The van der Waals surface area contributed by atoms with E-state index in [9.17, 15) is 9.59 Å². The number of aliphatic carboxylic acids is 1. The molecule has 0 radical (unpaired) electrons. The number of rotatable bonds is 4. The molecule has 0 fully saturated rings.